The predicted octanol–water partition coefficient (Wildman–Crippen LogP) is 4.25. The number of likely N-dealkylation sites (tertiary alicyclic amines) is 2. The minimum Gasteiger partial charge on any atom is -0.495 e. The Hall–Kier alpha value is -4.21. The summed E-state index contributed by atoms with van der Waals surface area (Å²) in [6, 6.07) is 8.52. The molecule has 0 bridgehead atoms. The van der Waals surface area contributed by atoms with Gasteiger partial charge in [-0.1, -0.05) is 6.92 Å². The van der Waals surface area contributed by atoms with Gasteiger partial charge in [-0.3, -0.25) is 14.3 Å². The van der Waals surface area contributed by atoms with Crippen LogP contribution in [0.5, 0.6) is 5.75 Å². The lowest BCUT2D eigenvalue weighted by molar-refractivity contribution is 0.0345. The average Bonchev–Trinajstić information content (AvgIpc) is 3.76. The van der Waals surface area contributed by atoms with E-state index in [9.17, 15) is 10.1 Å². The fourth-order valence-electron chi connectivity index (χ4n) is 7.37. The quantitative estimate of drug-likeness (QED) is 0.338. The third-order valence-corrected chi connectivity index (χ3v) is 10.0. The fraction of sp³-hybridized carbons (Fsp3) is 0.559. The molecule has 46 heavy (non-hydrogen) atoms. The monoisotopic (exact) mass is 624 g/mol. The van der Waals surface area contributed by atoms with Gasteiger partial charge >= 0.3 is 0 Å². The highest BCUT2D eigenvalue weighted by molar-refractivity contribution is 5.95. The number of methoxy groups -OCH3 is 1. The third-order valence-electron chi connectivity index (χ3n) is 10.0. The van der Waals surface area contributed by atoms with E-state index in [-0.39, 0.29) is 24.0 Å². The van der Waals surface area contributed by atoms with E-state index < -0.39 is 0 Å². The van der Waals surface area contributed by atoms with Crippen molar-refractivity contribution < 1.29 is 9.53 Å². The molecule has 4 aliphatic rings. The van der Waals surface area contributed by atoms with Gasteiger partial charge < -0.3 is 25.2 Å². The van der Waals surface area contributed by atoms with E-state index in [4.69, 9.17) is 9.72 Å². The maximum Gasteiger partial charge on any atom is 0.251 e. The first kappa shape index (κ1) is 30.4. The van der Waals surface area contributed by atoms with Crippen molar-refractivity contribution in [1.82, 2.24) is 34.6 Å². The lowest BCUT2D eigenvalue weighted by atomic mass is 9.97. The molecule has 1 atom stereocenters. The van der Waals surface area contributed by atoms with Crippen molar-refractivity contribution in [3.63, 3.8) is 0 Å². The molecule has 12 heteroatoms. The molecule has 1 aromatic carbocycles. The predicted molar refractivity (Wildman–Crippen MR) is 176 cm³/mol. The summed E-state index contributed by atoms with van der Waals surface area (Å²) in [6.07, 6.45) is 9.52. The number of carbonyl (C=O) groups is 1. The van der Waals surface area contributed by atoms with Crippen LogP contribution in [-0.4, -0.2) is 93.2 Å². The molecule has 0 radical (unpaired) electrons. The molecule has 3 aliphatic heterocycles. The Morgan fingerprint density at radius 1 is 1.15 bits per heavy atom. The molecule has 2 N–H and O–H groups in total. The summed E-state index contributed by atoms with van der Waals surface area (Å²) >= 11 is 0. The second kappa shape index (κ2) is 12.5. The van der Waals surface area contributed by atoms with Gasteiger partial charge in [-0.05, 0) is 83.2 Å². The van der Waals surface area contributed by atoms with Crippen molar-refractivity contribution in [2.75, 3.05) is 50.1 Å². The highest BCUT2D eigenvalue weighted by Crippen LogP contribution is 2.42. The number of nitriles is 1. The number of amides is 1. The standard InChI is InChI=1S/C34H44N10O2/c1-5-28-31-27(15-35)37-20-43(31)29-16-36-34(40-32(29)44(28)21(2)3)39-26-9-8-23(14-30(26)46-4)33(45)38-24-18-42(19-24)25-10-12-41(13-11-25)17-22-6-7-22/h8-9,14,16,20-22,24-25,28H,5-7,10-13,17-19H2,1-4H3,(H,38,45)(H,36,39,40). The summed E-state index contributed by atoms with van der Waals surface area (Å²) in [5.74, 6) is 2.57. The van der Waals surface area contributed by atoms with Crippen LogP contribution < -0.4 is 20.3 Å². The van der Waals surface area contributed by atoms with Gasteiger partial charge in [-0.25, -0.2) is 9.97 Å². The topological polar surface area (TPSA) is 127 Å². The van der Waals surface area contributed by atoms with Gasteiger partial charge in [-0.2, -0.15) is 10.2 Å². The number of carbonyl (C=O) groups excluding carboxylic acids is 1. The number of imidazole rings is 1. The molecular formula is C34H44N10O2. The van der Waals surface area contributed by atoms with Gasteiger partial charge in [0.05, 0.1) is 36.8 Å². The van der Waals surface area contributed by atoms with Crippen LogP contribution in [0.2, 0.25) is 0 Å². The van der Waals surface area contributed by atoms with Crippen LogP contribution in [0, 0.1) is 17.2 Å². The highest BCUT2D eigenvalue weighted by atomic mass is 16.5. The van der Waals surface area contributed by atoms with Crippen molar-refractivity contribution in [3.8, 4) is 17.5 Å². The molecule has 242 valence electrons. The second-order valence-electron chi connectivity index (χ2n) is 13.4. The number of aromatic nitrogens is 4. The van der Waals surface area contributed by atoms with E-state index >= 15 is 0 Å². The largest absolute Gasteiger partial charge is 0.495 e. The molecule has 3 aromatic rings. The average molecular weight is 625 g/mol. The number of hydrogen-bond acceptors (Lipinski definition) is 10. The molecule has 1 aliphatic carbocycles. The lowest BCUT2D eigenvalue weighted by Crippen LogP contribution is -2.63. The summed E-state index contributed by atoms with van der Waals surface area (Å²) < 4.78 is 7.62. The molecular weight excluding hydrogens is 580 g/mol. The number of ether oxygens (including phenoxy) is 1. The molecule has 2 saturated heterocycles. The fourth-order valence-corrected chi connectivity index (χ4v) is 7.37. The van der Waals surface area contributed by atoms with E-state index in [0.29, 0.717) is 34.7 Å². The Morgan fingerprint density at radius 3 is 2.61 bits per heavy atom. The smallest absolute Gasteiger partial charge is 0.251 e. The number of rotatable bonds is 10. The van der Waals surface area contributed by atoms with Crippen LogP contribution in [-0.2, 0) is 0 Å². The lowest BCUT2D eigenvalue weighted by Gasteiger charge is -2.47. The zero-order chi connectivity index (χ0) is 31.9. The van der Waals surface area contributed by atoms with Gasteiger partial charge in [0.2, 0.25) is 5.95 Å². The normalized spacial score (nSPS) is 20.5. The Kier molecular flexibility index (Phi) is 8.29. The summed E-state index contributed by atoms with van der Waals surface area (Å²) in [5, 5.41) is 16.2. The van der Waals surface area contributed by atoms with Gasteiger partial charge in [-0.15, -0.1) is 0 Å². The van der Waals surface area contributed by atoms with Crippen molar-refractivity contribution in [2.24, 2.45) is 5.92 Å². The maximum absolute atomic E-state index is 13.2. The number of fused-ring (bicyclic) bond motifs is 3. The Labute approximate surface area is 270 Å². The summed E-state index contributed by atoms with van der Waals surface area (Å²) in [7, 11) is 1.59. The third kappa shape index (κ3) is 5.78. The molecule has 7 rings (SSSR count). The van der Waals surface area contributed by atoms with E-state index in [2.05, 4.69) is 62.1 Å². The van der Waals surface area contributed by atoms with Gasteiger partial charge in [0.1, 0.15) is 23.8 Å². The van der Waals surface area contributed by atoms with E-state index in [0.717, 1.165) is 42.6 Å². The number of benzene rings is 1. The van der Waals surface area contributed by atoms with E-state index in [1.807, 2.05) is 10.6 Å². The van der Waals surface area contributed by atoms with Crippen LogP contribution in [0.25, 0.3) is 5.69 Å². The maximum atomic E-state index is 13.2. The van der Waals surface area contributed by atoms with E-state index in [1.165, 1.54) is 45.3 Å². The summed E-state index contributed by atoms with van der Waals surface area (Å²) in [6.45, 7) is 11.9. The van der Waals surface area contributed by atoms with Gasteiger partial charge in [0.25, 0.3) is 5.91 Å². The van der Waals surface area contributed by atoms with Crippen LogP contribution in [0.15, 0.2) is 30.7 Å². The Morgan fingerprint density at radius 2 is 1.93 bits per heavy atom. The van der Waals surface area contributed by atoms with E-state index in [1.54, 1.807) is 31.8 Å². The van der Waals surface area contributed by atoms with Gasteiger partial charge in [0.15, 0.2) is 11.5 Å². The van der Waals surface area contributed by atoms with Crippen LogP contribution >= 0.6 is 0 Å². The van der Waals surface area contributed by atoms with Gasteiger partial charge in [0, 0.05) is 37.3 Å². The molecule has 5 heterocycles. The van der Waals surface area contributed by atoms with Crippen molar-refractivity contribution in [1.29, 1.82) is 5.26 Å². The number of piperidine rings is 1. The minimum absolute atomic E-state index is 0.0487. The first-order valence-corrected chi connectivity index (χ1v) is 16.7. The van der Waals surface area contributed by atoms with Crippen molar-refractivity contribution in [2.45, 2.75) is 77.0 Å². The molecule has 12 nitrogen and oxygen atoms in total. The Balaban J connectivity index is 1.01. The van der Waals surface area contributed by atoms with Crippen molar-refractivity contribution in [3.05, 3.63) is 47.7 Å². The zero-order valence-corrected chi connectivity index (χ0v) is 27.2. The molecule has 0 spiro atoms. The number of nitrogens with zero attached hydrogens (tertiary/aromatic N) is 8. The molecule has 1 saturated carbocycles. The highest BCUT2D eigenvalue weighted by Gasteiger charge is 2.37. The first-order chi connectivity index (χ1) is 22.4. The second-order valence-corrected chi connectivity index (χ2v) is 13.4. The van der Waals surface area contributed by atoms with Crippen LogP contribution in [0.3, 0.4) is 0 Å². The molecule has 1 unspecified atom stereocenters. The van der Waals surface area contributed by atoms with Crippen molar-refractivity contribution >= 4 is 23.4 Å². The minimum atomic E-state index is -0.0927. The molecule has 1 amide bonds. The number of hydrogen-bond donors (Lipinski definition) is 2. The Bertz CT molecular complexity index is 1630. The number of nitrogens with one attached hydrogen (secondary N) is 2. The van der Waals surface area contributed by atoms with Crippen LogP contribution in [0.4, 0.5) is 17.5 Å². The number of anilines is 3. The summed E-state index contributed by atoms with van der Waals surface area (Å²) in [4.78, 5) is 34.5. The first-order valence-electron chi connectivity index (χ1n) is 16.7. The molecule has 2 aromatic heterocycles. The zero-order valence-electron chi connectivity index (χ0n) is 27.2. The SMILES string of the molecule is CCC1c2c(C#N)ncn2-c2cnc(Nc3ccc(C(=O)NC4CN(C5CCN(CC6CC6)CC5)C4)cc3OC)nc2N1C(C)C. The summed E-state index contributed by atoms with van der Waals surface area (Å²) in [5.41, 5.74) is 3.29. The van der Waals surface area contributed by atoms with Crippen LogP contribution in [0.1, 0.15) is 80.7 Å². The molecule has 3 fully saturated rings.